The van der Waals surface area contributed by atoms with Gasteiger partial charge in [-0.05, 0) is 44.0 Å². The quantitative estimate of drug-likeness (QED) is 0.898. The Hall–Kier alpha value is -1.92. The molecule has 0 saturated carbocycles. The van der Waals surface area contributed by atoms with Gasteiger partial charge >= 0.3 is 0 Å². The van der Waals surface area contributed by atoms with Gasteiger partial charge in [-0.25, -0.2) is 0 Å². The third-order valence-corrected chi connectivity index (χ3v) is 4.85. The van der Waals surface area contributed by atoms with Crippen LogP contribution < -0.4 is 5.32 Å². The van der Waals surface area contributed by atoms with Gasteiger partial charge in [-0.1, -0.05) is 12.1 Å². The second-order valence-corrected chi connectivity index (χ2v) is 6.93. The van der Waals surface area contributed by atoms with Gasteiger partial charge in [0.05, 0.1) is 25.7 Å². The molecule has 0 aromatic heterocycles. The molecule has 25 heavy (non-hydrogen) atoms. The van der Waals surface area contributed by atoms with Gasteiger partial charge in [0.15, 0.2) is 0 Å². The van der Waals surface area contributed by atoms with E-state index in [9.17, 15) is 9.59 Å². The third kappa shape index (κ3) is 5.03. The van der Waals surface area contributed by atoms with Crippen LogP contribution in [0.4, 0.5) is 5.69 Å². The van der Waals surface area contributed by atoms with Gasteiger partial charge < -0.3 is 15.0 Å². The number of hydrogen-bond donors (Lipinski definition) is 1. The third-order valence-electron chi connectivity index (χ3n) is 4.85. The summed E-state index contributed by atoms with van der Waals surface area (Å²) in [7, 11) is 0. The summed E-state index contributed by atoms with van der Waals surface area (Å²) in [5, 5.41) is 2.94. The minimum absolute atomic E-state index is 0.00128. The number of ether oxygens (including phenoxy) is 1. The largest absolute Gasteiger partial charge is 0.378 e. The molecule has 2 aliphatic rings. The molecular formula is C19H27N3O3. The van der Waals surface area contributed by atoms with Gasteiger partial charge in [0.1, 0.15) is 0 Å². The molecular weight excluding hydrogens is 318 g/mol. The lowest BCUT2D eigenvalue weighted by Gasteiger charge is -2.35. The van der Waals surface area contributed by atoms with E-state index < -0.39 is 0 Å². The number of rotatable bonds is 4. The van der Waals surface area contributed by atoms with Gasteiger partial charge in [-0.3, -0.25) is 14.5 Å². The van der Waals surface area contributed by atoms with E-state index >= 15 is 0 Å². The molecule has 2 saturated heterocycles. The highest BCUT2D eigenvalue weighted by molar-refractivity contribution is 5.92. The molecule has 6 nitrogen and oxygen atoms in total. The van der Waals surface area contributed by atoms with Crippen LogP contribution in [0.15, 0.2) is 24.3 Å². The maximum atomic E-state index is 12.7. The Morgan fingerprint density at radius 1 is 1.24 bits per heavy atom. The van der Waals surface area contributed by atoms with Crippen LogP contribution in [-0.4, -0.2) is 67.6 Å². The average molecular weight is 345 g/mol. The van der Waals surface area contributed by atoms with Crippen LogP contribution in [-0.2, 0) is 14.3 Å². The Morgan fingerprint density at radius 3 is 2.80 bits per heavy atom. The van der Waals surface area contributed by atoms with Crippen molar-refractivity contribution >= 4 is 17.5 Å². The number of morpholine rings is 1. The Morgan fingerprint density at radius 2 is 2.04 bits per heavy atom. The molecule has 2 heterocycles. The highest BCUT2D eigenvalue weighted by Gasteiger charge is 2.30. The molecule has 136 valence electrons. The molecule has 0 bridgehead atoms. The number of nitrogens with one attached hydrogen (secondary N) is 1. The van der Waals surface area contributed by atoms with Crippen LogP contribution in [0.1, 0.15) is 18.4 Å². The molecule has 0 aliphatic carbocycles. The van der Waals surface area contributed by atoms with Gasteiger partial charge in [0, 0.05) is 25.3 Å². The van der Waals surface area contributed by atoms with E-state index in [0.717, 1.165) is 30.6 Å². The van der Waals surface area contributed by atoms with Gasteiger partial charge in [-0.2, -0.15) is 0 Å². The fourth-order valence-corrected chi connectivity index (χ4v) is 3.57. The number of nitrogens with zero attached hydrogens (tertiary/aromatic N) is 2. The number of hydrogen-bond acceptors (Lipinski definition) is 4. The van der Waals surface area contributed by atoms with E-state index in [2.05, 4.69) is 10.2 Å². The minimum atomic E-state index is -0.0231. The van der Waals surface area contributed by atoms with Crippen LogP contribution in [0.2, 0.25) is 0 Å². The van der Waals surface area contributed by atoms with Crippen molar-refractivity contribution in [2.24, 2.45) is 5.92 Å². The van der Waals surface area contributed by atoms with Crippen LogP contribution in [0, 0.1) is 12.8 Å². The predicted octanol–water partition coefficient (Wildman–Crippen LogP) is 1.50. The monoisotopic (exact) mass is 345 g/mol. The summed E-state index contributed by atoms with van der Waals surface area (Å²) in [5.41, 5.74) is 1.94. The summed E-state index contributed by atoms with van der Waals surface area (Å²) in [6, 6.07) is 7.79. The minimum Gasteiger partial charge on any atom is -0.378 e. The summed E-state index contributed by atoms with van der Waals surface area (Å²) < 4.78 is 5.32. The SMILES string of the molecule is Cc1cccc(NC(=O)CN2CCCC(C(=O)N3CCOCC3)C2)c1. The number of anilines is 1. The number of aryl methyl sites for hydroxylation is 1. The van der Waals surface area contributed by atoms with Crippen molar-refractivity contribution in [3.8, 4) is 0 Å². The summed E-state index contributed by atoms with van der Waals surface area (Å²) in [4.78, 5) is 29.0. The van der Waals surface area contributed by atoms with E-state index in [0.29, 0.717) is 39.4 Å². The van der Waals surface area contributed by atoms with E-state index in [1.165, 1.54) is 0 Å². The fraction of sp³-hybridized carbons (Fsp3) is 0.579. The summed E-state index contributed by atoms with van der Waals surface area (Å²) in [6.07, 6.45) is 1.87. The number of amides is 2. The zero-order chi connectivity index (χ0) is 17.6. The zero-order valence-electron chi connectivity index (χ0n) is 14.9. The molecule has 2 amide bonds. The second kappa shape index (κ2) is 8.45. The summed E-state index contributed by atoms with van der Waals surface area (Å²) in [5.74, 6) is 0.191. The van der Waals surface area contributed by atoms with E-state index in [-0.39, 0.29) is 17.7 Å². The van der Waals surface area contributed by atoms with Crippen LogP contribution in [0.3, 0.4) is 0 Å². The lowest BCUT2D eigenvalue weighted by molar-refractivity contribution is -0.141. The van der Waals surface area contributed by atoms with Gasteiger partial charge in [-0.15, -0.1) is 0 Å². The first-order chi connectivity index (χ1) is 12.1. The molecule has 2 aliphatic heterocycles. The number of piperidine rings is 1. The smallest absolute Gasteiger partial charge is 0.238 e. The maximum Gasteiger partial charge on any atom is 0.238 e. The first-order valence-electron chi connectivity index (χ1n) is 9.07. The number of carbonyl (C=O) groups is 2. The van der Waals surface area contributed by atoms with Crippen molar-refractivity contribution < 1.29 is 14.3 Å². The Balaban J connectivity index is 1.50. The van der Waals surface area contributed by atoms with Crippen molar-refractivity contribution in [1.82, 2.24) is 9.80 Å². The molecule has 1 aromatic rings. The Kier molecular flexibility index (Phi) is 6.04. The van der Waals surface area contributed by atoms with Crippen LogP contribution in [0.25, 0.3) is 0 Å². The Bertz CT molecular complexity index is 614. The molecule has 1 unspecified atom stereocenters. The van der Waals surface area contributed by atoms with Crippen molar-refractivity contribution in [2.75, 3.05) is 51.3 Å². The fourth-order valence-electron chi connectivity index (χ4n) is 3.57. The molecule has 1 N–H and O–H groups in total. The summed E-state index contributed by atoms with van der Waals surface area (Å²) in [6.45, 7) is 6.49. The molecule has 0 spiro atoms. The van der Waals surface area contributed by atoms with Crippen LogP contribution in [0.5, 0.6) is 0 Å². The topological polar surface area (TPSA) is 61.9 Å². The lowest BCUT2D eigenvalue weighted by Crippen LogP contribution is -2.49. The first kappa shape index (κ1) is 17.9. The van der Waals surface area contributed by atoms with Crippen molar-refractivity contribution in [1.29, 1.82) is 0 Å². The predicted molar refractivity (Wildman–Crippen MR) is 96.4 cm³/mol. The number of carbonyl (C=O) groups excluding carboxylic acids is 2. The highest BCUT2D eigenvalue weighted by atomic mass is 16.5. The molecule has 1 atom stereocenters. The van der Waals surface area contributed by atoms with E-state index in [4.69, 9.17) is 4.74 Å². The first-order valence-corrected chi connectivity index (χ1v) is 9.07. The summed E-state index contributed by atoms with van der Waals surface area (Å²) >= 11 is 0. The molecule has 1 aromatic carbocycles. The van der Waals surface area contributed by atoms with Crippen molar-refractivity contribution in [3.63, 3.8) is 0 Å². The van der Waals surface area contributed by atoms with Gasteiger partial charge in [0.25, 0.3) is 0 Å². The highest BCUT2D eigenvalue weighted by Crippen LogP contribution is 2.19. The molecule has 0 radical (unpaired) electrons. The van der Waals surface area contributed by atoms with Crippen molar-refractivity contribution in [3.05, 3.63) is 29.8 Å². The molecule has 3 rings (SSSR count). The molecule has 2 fully saturated rings. The average Bonchev–Trinajstić information content (AvgIpc) is 2.62. The Labute approximate surface area is 149 Å². The maximum absolute atomic E-state index is 12.7. The lowest BCUT2D eigenvalue weighted by atomic mass is 9.96. The van der Waals surface area contributed by atoms with Crippen molar-refractivity contribution in [2.45, 2.75) is 19.8 Å². The standard InChI is InChI=1S/C19H27N3O3/c1-15-4-2-6-17(12-15)20-18(23)14-21-7-3-5-16(13-21)19(24)22-8-10-25-11-9-22/h2,4,6,12,16H,3,5,7-11,13-14H2,1H3,(H,20,23). The number of likely N-dealkylation sites (tertiary alicyclic amines) is 1. The van der Waals surface area contributed by atoms with Gasteiger partial charge in [0.2, 0.25) is 11.8 Å². The van der Waals surface area contributed by atoms with E-state index in [1.54, 1.807) is 0 Å². The van der Waals surface area contributed by atoms with E-state index in [1.807, 2.05) is 36.1 Å². The number of benzene rings is 1. The van der Waals surface area contributed by atoms with Crippen LogP contribution >= 0.6 is 0 Å². The molecule has 6 heteroatoms. The zero-order valence-corrected chi connectivity index (χ0v) is 14.9. The second-order valence-electron chi connectivity index (χ2n) is 6.93. The normalized spacial score (nSPS) is 21.8.